The number of aliphatic hydroxyl groups is 1. The third kappa shape index (κ3) is 3.76. The van der Waals surface area contributed by atoms with Gasteiger partial charge in [-0.2, -0.15) is 0 Å². The van der Waals surface area contributed by atoms with Crippen LogP contribution in [0.25, 0.3) is 5.76 Å². The predicted octanol–water partition coefficient (Wildman–Crippen LogP) is 5.41. The first kappa shape index (κ1) is 21.6. The van der Waals surface area contributed by atoms with Gasteiger partial charge in [-0.05, 0) is 68.4 Å². The van der Waals surface area contributed by atoms with Crippen LogP contribution in [0, 0.1) is 12.7 Å². The number of hydrogen-bond donors (Lipinski definition) is 1. The van der Waals surface area contributed by atoms with Gasteiger partial charge in [-0.3, -0.25) is 14.5 Å². The molecule has 0 bridgehead atoms. The van der Waals surface area contributed by atoms with Crippen LogP contribution in [0.3, 0.4) is 0 Å². The second-order valence-electron chi connectivity index (χ2n) is 7.17. The van der Waals surface area contributed by atoms with Crippen LogP contribution in [0.4, 0.5) is 10.1 Å². The van der Waals surface area contributed by atoms with E-state index in [-0.39, 0.29) is 27.8 Å². The summed E-state index contributed by atoms with van der Waals surface area (Å²) in [6, 6.07) is 12.4. The molecule has 32 heavy (non-hydrogen) atoms. The van der Waals surface area contributed by atoms with E-state index in [2.05, 4.69) is 0 Å². The number of aryl methyl sites for hydroxylation is 1. The van der Waals surface area contributed by atoms with Gasteiger partial charge in [0.25, 0.3) is 11.7 Å². The highest BCUT2D eigenvalue weighted by Crippen LogP contribution is 2.43. The fourth-order valence-electron chi connectivity index (χ4n) is 3.63. The first-order chi connectivity index (χ1) is 15.3. The molecule has 8 heteroatoms. The molecule has 4 rings (SSSR count). The lowest BCUT2D eigenvalue weighted by Gasteiger charge is -2.23. The van der Waals surface area contributed by atoms with Crippen molar-refractivity contribution in [2.24, 2.45) is 0 Å². The van der Waals surface area contributed by atoms with Crippen LogP contribution in [0.1, 0.15) is 30.0 Å². The fraction of sp³-hybridized carbons (Fsp3) is 0.167. The topological polar surface area (TPSA) is 80.0 Å². The van der Waals surface area contributed by atoms with E-state index in [0.717, 1.165) is 11.0 Å². The van der Waals surface area contributed by atoms with Crippen molar-refractivity contribution >= 4 is 34.7 Å². The number of amides is 1. The quantitative estimate of drug-likeness (QED) is 0.316. The molecule has 0 spiro atoms. The zero-order chi connectivity index (χ0) is 23.0. The third-order valence-electron chi connectivity index (χ3n) is 5.10. The number of carbonyl (C=O) groups excluding carboxylic acids is 2. The highest BCUT2D eigenvalue weighted by molar-refractivity contribution is 6.51. The Kier molecular flexibility index (Phi) is 5.76. The number of aliphatic hydroxyl groups excluding tert-OH is 1. The van der Waals surface area contributed by atoms with Crippen LogP contribution in [0.5, 0.6) is 5.75 Å². The smallest absolute Gasteiger partial charge is 0.300 e. The lowest BCUT2D eigenvalue weighted by molar-refractivity contribution is -0.132. The molecule has 3 aromatic rings. The summed E-state index contributed by atoms with van der Waals surface area (Å²) in [5.74, 6) is -1.37. The Balaban J connectivity index is 1.88. The molecular weight excluding hydrogens is 437 g/mol. The van der Waals surface area contributed by atoms with Gasteiger partial charge in [-0.25, -0.2) is 4.39 Å². The van der Waals surface area contributed by atoms with E-state index < -0.39 is 23.5 Å². The summed E-state index contributed by atoms with van der Waals surface area (Å²) in [5, 5.41) is 10.8. The molecule has 1 amide bonds. The minimum Gasteiger partial charge on any atom is -0.507 e. The second-order valence-corrected chi connectivity index (χ2v) is 7.58. The van der Waals surface area contributed by atoms with Gasteiger partial charge in [0.1, 0.15) is 34.9 Å². The van der Waals surface area contributed by atoms with E-state index in [4.69, 9.17) is 20.8 Å². The molecule has 6 nitrogen and oxygen atoms in total. The van der Waals surface area contributed by atoms with Crippen LogP contribution in [0.2, 0.25) is 5.02 Å². The van der Waals surface area contributed by atoms with Gasteiger partial charge in [-0.15, -0.1) is 0 Å². The van der Waals surface area contributed by atoms with Gasteiger partial charge in [0, 0.05) is 11.3 Å². The molecule has 0 saturated carbocycles. The maximum atomic E-state index is 13.7. The summed E-state index contributed by atoms with van der Waals surface area (Å²) < 4.78 is 24.8. The Labute approximate surface area is 188 Å². The maximum Gasteiger partial charge on any atom is 0.300 e. The average molecular weight is 456 g/mol. The number of Topliss-reactive ketones (excluding diaryl/α,β-unsaturated/α-hetero) is 1. The normalized spacial score (nSPS) is 17.8. The molecule has 1 fully saturated rings. The minimum absolute atomic E-state index is 0.144. The number of furan rings is 1. The van der Waals surface area contributed by atoms with E-state index >= 15 is 0 Å². The number of benzene rings is 2. The van der Waals surface area contributed by atoms with Crippen molar-refractivity contribution in [1.29, 1.82) is 0 Å². The molecule has 164 valence electrons. The largest absolute Gasteiger partial charge is 0.507 e. The summed E-state index contributed by atoms with van der Waals surface area (Å²) in [6.07, 6.45) is 0. The Morgan fingerprint density at radius 3 is 2.47 bits per heavy atom. The zero-order valence-electron chi connectivity index (χ0n) is 17.3. The molecule has 0 radical (unpaired) electrons. The first-order valence-corrected chi connectivity index (χ1v) is 10.2. The molecule has 1 unspecified atom stereocenters. The molecule has 1 aliphatic rings. The third-order valence-corrected chi connectivity index (χ3v) is 5.38. The molecular formula is C24H19ClFNO5. The highest BCUT2D eigenvalue weighted by atomic mass is 35.5. The first-order valence-electron chi connectivity index (χ1n) is 9.87. The molecule has 1 aliphatic heterocycles. The van der Waals surface area contributed by atoms with Gasteiger partial charge >= 0.3 is 0 Å². The van der Waals surface area contributed by atoms with Crippen molar-refractivity contribution in [2.75, 3.05) is 11.5 Å². The Morgan fingerprint density at radius 2 is 1.88 bits per heavy atom. The Morgan fingerprint density at radius 1 is 1.16 bits per heavy atom. The zero-order valence-corrected chi connectivity index (χ0v) is 18.0. The van der Waals surface area contributed by atoms with E-state index in [1.54, 1.807) is 43.3 Å². The van der Waals surface area contributed by atoms with Gasteiger partial charge < -0.3 is 14.3 Å². The highest BCUT2D eigenvalue weighted by Gasteiger charge is 2.48. The SMILES string of the molecule is CCOc1ccc(/C(O)=C2/C(=O)C(=O)N(c3ccc(F)c(Cl)c3)C2c2ccc(C)o2)cc1. The van der Waals surface area contributed by atoms with Gasteiger partial charge in [-0.1, -0.05) is 11.6 Å². The lowest BCUT2D eigenvalue weighted by Crippen LogP contribution is -2.29. The summed E-state index contributed by atoms with van der Waals surface area (Å²) >= 11 is 5.91. The Bertz CT molecular complexity index is 1230. The van der Waals surface area contributed by atoms with E-state index in [1.165, 1.54) is 12.1 Å². The van der Waals surface area contributed by atoms with Crippen molar-refractivity contribution in [1.82, 2.24) is 0 Å². The van der Waals surface area contributed by atoms with Crippen LogP contribution >= 0.6 is 11.6 Å². The summed E-state index contributed by atoms with van der Waals surface area (Å²) in [4.78, 5) is 27.2. The number of carbonyl (C=O) groups is 2. The molecule has 1 N–H and O–H groups in total. The van der Waals surface area contributed by atoms with Gasteiger partial charge in [0.2, 0.25) is 0 Å². The number of nitrogens with zero attached hydrogens (tertiary/aromatic N) is 1. The standard InChI is InChI=1S/C24H19ClFNO5/c1-3-31-16-8-5-14(6-9-16)22(28)20-21(19-11-4-13(2)32-19)27(24(30)23(20)29)15-7-10-18(26)17(25)12-15/h4-12,21,28H,3H2,1-2H3/b22-20-. The lowest BCUT2D eigenvalue weighted by atomic mass is 9.99. The van der Waals surface area contributed by atoms with Crippen LogP contribution < -0.4 is 9.64 Å². The number of anilines is 1. The summed E-state index contributed by atoms with van der Waals surface area (Å²) in [7, 11) is 0. The number of ketones is 1. The summed E-state index contributed by atoms with van der Waals surface area (Å²) in [6.45, 7) is 4.05. The molecule has 2 aromatic carbocycles. The van der Waals surface area contributed by atoms with Crippen molar-refractivity contribution < 1.29 is 28.2 Å². The van der Waals surface area contributed by atoms with Crippen molar-refractivity contribution in [2.45, 2.75) is 19.9 Å². The monoisotopic (exact) mass is 455 g/mol. The Hall–Kier alpha value is -3.58. The van der Waals surface area contributed by atoms with E-state index in [1.807, 2.05) is 6.92 Å². The predicted molar refractivity (Wildman–Crippen MR) is 117 cm³/mol. The van der Waals surface area contributed by atoms with E-state index in [0.29, 0.717) is 23.7 Å². The maximum absolute atomic E-state index is 13.7. The number of ether oxygens (including phenoxy) is 1. The fourth-order valence-corrected chi connectivity index (χ4v) is 3.81. The van der Waals surface area contributed by atoms with E-state index in [9.17, 15) is 19.1 Å². The van der Waals surface area contributed by atoms with Gasteiger partial charge in [0.05, 0.1) is 17.2 Å². The number of hydrogen-bond acceptors (Lipinski definition) is 5. The number of rotatable bonds is 5. The number of halogens is 2. The average Bonchev–Trinajstić information content (AvgIpc) is 3.31. The molecule has 1 atom stereocenters. The second kappa shape index (κ2) is 8.51. The molecule has 1 saturated heterocycles. The van der Waals surface area contributed by atoms with Crippen molar-refractivity contribution in [3.8, 4) is 5.75 Å². The van der Waals surface area contributed by atoms with Crippen molar-refractivity contribution in [3.05, 3.63) is 88.1 Å². The molecule has 2 heterocycles. The molecule has 1 aromatic heterocycles. The van der Waals surface area contributed by atoms with Crippen LogP contribution in [-0.4, -0.2) is 23.4 Å². The van der Waals surface area contributed by atoms with Crippen LogP contribution in [-0.2, 0) is 9.59 Å². The molecule has 0 aliphatic carbocycles. The van der Waals surface area contributed by atoms with Crippen molar-refractivity contribution in [3.63, 3.8) is 0 Å². The van der Waals surface area contributed by atoms with Crippen LogP contribution in [0.15, 0.2) is 64.6 Å². The summed E-state index contributed by atoms with van der Waals surface area (Å²) in [5.41, 5.74) is 0.383. The van der Waals surface area contributed by atoms with Gasteiger partial charge in [0.15, 0.2) is 0 Å². The minimum atomic E-state index is -1.06.